The number of methoxy groups -OCH3 is 1. The minimum atomic E-state index is -5.20. The summed E-state index contributed by atoms with van der Waals surface area (Å²) in [6.07, 6.45) is -5.64. The van der Waals surface area contributed by atoms with Gasteiger partial charge in [0.15, 0.2) is 0 Å². The molecule has 2 aromatic carbocycles. The Kier molecular flexibility index (Phi) is 7.58. The number of rotatable bonds is 7. The number of alkyl halides is 6. The Morgan fingerprint density at radius 1 is 1.07 bits per heavy atom. The zero-order valence-corrected chi connectivity index (χ0v) is 22.7. The lowest BCUT2D eigenvalue weighted by atomic mass is 9.73. The molecule has 0 radical (unpaired) electrons. The first kappa shape index (κ1) is 29.3. The largest absolute Gasteiger partial charge is 0.497 e. The number of fused-ring (bicyclic) bond motifs is 4. The molecule has 0 spiro atoms. The maximum atomic E-state index is 13.7. The smallest absolute Gasteiger partial charge is 0.416 e. The van der Waals surface area contributed by atoms with E-state index in [4.69, 9.17) is 4.74 Å². The van der Waals surface area contributed by atoms with E-state index in [2.05, 4.69) is 21.2 Å². The molecule has 6 rings (SSSR count). The number of benzene rings is 2. The lowest BCUT2D eigenvalue weighted by molar-refractivity contribution is -0.143. The van der Waals surface area contributed by atoms with Crippen molar-refractivity contribution in [2.45, 2.75) is 42.2 Å². The highest BCUT2D eigenvalue weighted by atomic mass is 32.2. The summed E-state index contributed by atoms with van der Waals surface area (Å²) in [6.45, 7) is 5.16. The second kappa shape index (κ2) is 10.6. The summed E-state index contributed by atoms with van der Waals surface area (Å²) in [5, 5.41) is 0.544. The molecule has 13 heteroatoms. The monoisotopic (exact) mass is 599 g/mol. The highest BCUT2D eigenvalue weighted by Crippen LogP contribution is 2.43. The Hall–Kier alpha value is -3.16. The normalized spacial score (nSPS) is 23.9. The van der Waals surface area contributed by atoms with Crippen LogP contribution >= 0.6 is 0 Å². The van der Waals surface area contributed by atoms with Crippen LogP contribution in [0.2, 0.25) is 0 Å². The van der Waals surface area contributed by atoms with E-state index in [1.807, 2.05) is 6.08 Å². The van der Waals surface area contributed by atoms with Gasteiger partial charge in [0.25, 0.3) is 0 Å². The average molecular weight is 600 g/mol. The summed E-state index contributed by atoms with van der Waals surface area (Å²) in [7, 11) is -3.43. The van der Waals surface area contributed by atoms with Crippen molar-refractivity contribution in [3.05, 3.63) is 78.0 Å². The maximum absolute atomic E-state index is 13.7. The lowest BCUT2D eigenvalue weighted by Gasteiger charge is -2.51. The fourth-order valence-electron chi connectivity index (χ4n) is 5.93. The third kappa shape index (κ3) is 5.80. The molecule has 3 aromatic rings. The standard InChI is InChI=1S/C28H27F6N3O3S/c1-3-16-15-37-9-7-17(16)10-25(37)26(22-6-8-35-24-5-4-20(40-2)14-23(22)24)36-41(38,39)21-12-18(27(29,30)31)11-19(13-21)28(32,33)34/h3-6,8,11-14,16-17,25-26,36H,1,7,9-10,15H2,2H3/t16-,17-,25+,26+/m0/s1. The van der Waals surface area contributed by atoms with Crippen molar-refractivity contribution in [3.63, 3.8) is 0 Å². The molecule has 41 heavy (non-hydrogen) atoms. The summed E-state index contributed by atoms with van der Waals surface area (Å²) in [4.78, 5) is 5.31. The molecule has 0 saturated carbocycles. The molecule has 1 aromatic heterocycles. The van der Waals surface area contributed by atoms with Gasteiger partial charge in [-0.05, 0) is 79.3 Å². The molecule has 5 atom stereocenters. The van der Waals surface area contributed by atoms with Gasteiger partial charge in [-0.15, -0.1) is 6.58 Å². The van der Waals surface area contributed by atoms with Gasteiger partial charge in [0, 0.05) is 24.2 Å². The van der Waals surface area contributed by atoms with E-state index < -0.39 is 50.5 Å². The third-order valence-corrected chi connectivity index (χ3v) is 9.43. The van der Waals surface area contributed by atoms with Gasteiger partial charge in [-0.3, -0.25) is 9.88 Å². The van der Waals surface area contributed by atoms with E-state index in [9.17, 15) is 34.8 Å². The third-order valence-electron chi connectivity index (χ3n) is 8.01. The van der Waals surface area contributed by atoms with Gasteiger partial charge in [0.2, 0.25) is 10.0 Å². The van der Waals surface area contributed by atoms with Crippen LogP contribution < -0.4 is 9.46 Å². The molecule has 0 aliphatic carbocycles. The highest BCUT2D eigenvalue weighted by Gasteiger charge is 2.45. The zero-order valence-electron chi connectivity index (χ0n) is 21.8. The van der Waals surface area contributed by atoms with Crippen LogP contribution in [0.4, 0.5) is 26.3 Å². The topological polar surface area (TPSA) is 71.5 Å². The van der Waals surface area contributed by atoms with Gasteiger partial charge < -0.3 is 4.74 Å². The molecule has 3 aliphatic heterocycles. The van der Waals surface area contributed by atoms with Crippen molar-refractivity contribution in [1.82, 2.24) is 14.6 Å². The number of piperidine rings is 3. The number of nitrogens with one attached hydrogen (secondary N) is 1. The van der Waals surface area contributed by atoms with Gasteiger partial charge in [-0.2, -0.15) is 26.3 Å². The summed E-state index contributed by atoms with van der Waals surface area (Å²) in [5.74, 6) is 0.852. The number of halogens is 6. The number of nitrogens with zero attached hydrogens (tertiary/aromatic N) is 2. The van der Waals surface area contributed by atoms with Crippen LogP contribution in [-0.4, -0.2) is 44.5 Å². The minimum Gasteiger partial charge on any atom is -0.497 e. The Bertz CT molecular complexity index is 1540. The number of ether oxygens (including phenoxy) is 1. The molecular formula is C28H27F6N3O3S. The first-order valence-corrected chi connectivity index (χ1v) is 14.3. The van der Waals surface area contributed by atoms with Crippen LogP contribution in [0.25, 0.3) is 10.9 Å². The number of hydrogen-bond acceptors (Lipinski definition) is 5. The molecule has 1 unspecified atom stereocenters. The Balaban J connectivity index is 1.65. The first-order valence-electron chi connectivity index (χ1n) is 12.8. The zero-order chi connectivity index (χ0) is 29.7. The van der Waals surface area contributed by atoms with Crippen molar-refractivity contribution in [2.24, 2.45) is 11.8 Å². The van der Waals surface area contributed by atoms with Crippen LogP contribution in [0, 0.1) is 11.8 Å². The number of hydrogen-bond donors (Lipinski definition) is 1. The van der Waals surface area contributed by atoms with Gasteiger partial charge in [0.1, 0.15) is 5.75 Å². The lowest BCUT2D eigenvalue weighted by Crippen LogP contribution is -2.57. The summed E-state index contributed by atoms with van der Waals surface area (Å²) in [6, 6.07) is 5.56. The van der Waals surface area contributed by atoms with Crippen molar-refractivity contribution in [1.29, 1.82) is 0 Å². The molecule has 0 amide bonds. The molecule has 2 bridgehead atoms. The van der Waals surface area contributed by atoms with E-state index >= 15 is 0 Å². The van der Waals surface area contributed by atoms with Crippen LogP contribution in [0.5, 0.6) is 5.75 Å². The average Bonchev–Trinajstić information content (AvgIpc) is 2.94. The number of aromatic nitrogens is 1. The van der Waals surface area contributed by atoms with Gasteiger partial charge >= 0.3 is 12.4 Å². The van der Waals surface area contributed by atoms with Crippen molar-refractivity contribution >= 4 is 20.9 Å². The predicted molar refractivity (Wildman–Crippen MR) is 140 cm³/mol. The van der Waals surface area contributed by atoms with Crippen LogP contribution in [0.15, 0.2) is 66.2 Å². The van der Waals surface area contributed by atoms with Crippen molar-refractivity contribution in [2.75, 3.05) is 20.2 Å². The summed E-state index contributed by atoms with van der Waals surface area (Å²) in [5.41, 5.74) is -2.42. The van der Waals surface area contributed by atoms with E-state index in [0.29, 0.717) is 41.7 Å². The Morgan fingerprint density at radius 3 is 2.32 bits per heavy atom. The Labute approximate surface area is 233 Å². The van der Waals surface area contributed by atoms with Crippen molar-refractivity contribution in [3.8, 4) is 5.75 Å². The quantitative estimate of drug-likeness (QED) is 0.259. The van der Waals surface area contributed by atoms with Gasteiger partial charge in [0.05, 0.1) is 34.7 Å². The molecule has 6 nitrogen and oxygen atoms in total. The van der Waals surface area contributed by atoms with Crippen LogP contribution in [-0.2, 0) is 22.4 Å². The molecule has 4 heterocycles. The highest BCUT2D eigenvalue weighted by molar-refractivity contribution is 7.89. The Morgan fingerprint density at radius 2 is 1.76 bits per heavy atom. The van der Waals surface area contributed by atoms with Crippen LogP contribution in [0.3, 0.4) is 0 Å². The SMILES string of the molecule is C=C[C@H]1CN2CC[C@H]1C[C@@H]2[C@H](NS(=O)(=O)c1cc(C(F)(F)F)cc(C(F)(F)F)c1)c1ccnc2ccc(OC)cc12. The van der Waals surface area contributed by atoms with Gasteiger partial charge in [-0.25, -0.2) is 13.1 Å². The molecule has 220 valence electrons. The predicted octanol–water partition coefficient (Wildman–Crippen LogP) is 6.20. The first-order chi connectivity index (χ1) is 19.2. The fourth-order valence-corrected chi connectivity index (χ4v) is 7.25. The second-order valence-electron chi connectivity index (χ2n) is 10.4. The fraction of sp³-hybridized carbons (Fsp3) is 0.393. The maximum Gasteiger partial charge on any atom is 0.416 e. The summed E-state index contributed by atoms with van der Waals surface area (Å²) < 4.78 is 116. The van der Waals surface area contributed by atoms with Gasteiger partial charge in [-0.1, -0.05) is 6.08 Å². The molecule has 3 saturated heterocycles. The van der Waals surface area contributed by atoms with E-state index in [-0.39, 0.29) is 30.0 Å². The van der Waals surface area contributed by atoms with Crippen LogP contribution in [0.1, 0.15) is 35.6 Å². The van der Waals surface area contributed by atoms with E-state index in [0.717, 1.165) is 6.42 Å². The summed E-state index contributed by atoms with van der Waals surface area (Å²) >= 11 is 0. The number of pyridine rings is 1. The van der Waals surface area contributed by atoms with Crippen molar-refractivity contribution < 1.29 is 39.5 Å². The van der Waals surface area contributed by atoms with E-state index in [1.165, 1.54) is 13.3 Å². The minimum absolute atomic E-state index is 0.0968. The van der Waals surface area contributed by atoms with E-state index in [1.54, 1.807) is 24.3 Å². The number of sulfonamides is 1. The molecule has 1 N–H and O–H groups in total. The second-order valence-corrected chi connectivity index (χ2v) is 12.1. The molecule has 3 fully saturated rings. The molecular weight excluding hydrogens is 572 g/mol. The molecule has 3 aliphatic rings.